The molecule has 0 saturated heterocycles. The Balaban J connectivity index is 0.00000364. The first-order valence-corrected chi connectivity index (χ1v) is 8.69. The van der Waals surface area contributed by atoms with Crippen LogP contribution in [0.3, 0.4) is 0 Å². The number of carbonyl (C=O) groups is 1. The van der Waals surface area contributed by atoms with Crippen molar-refractivity contribution in [1.29, 1.82) is 0 Å². The summed E-state index contributed by atoms with van der Waals surface area (Å²) in [6.45, 7) is 2.85. The Morgan fingerprint density at radius 2 is 1.81 bits per heavy atom. The summed E-state index contributed by atoms with van der Waals surface area (Å²) in [5.41, 5.74) is 2.36. The summed E-state index contributed by atoms with van der Waals surface area (Å²) in [5, 5.41) is 9.16. The Kier molecular flexibility index (Phi) is 10.4. The number of amides is 1. The molecular weight excluding hydrogens is 458 g/mol. The molecule has 2 aromatic carbocycles. The molecule has 2 rings (SSSR count). The van der Waals surface area contributed by atoms with Gasteiger partial charge in [-0.05, 0) is 30.2 Å². The van der Waals surface area contributed by atoms with Gasteiger partial charge in [0.25, 0.3) is 0 Å². The predicted molar refractivity (Wildman–Crippen MR) is 119 cm³/mol. The first-order chi connectivity index (χ1) is 12.6. The van der Waals surface area contributed by atoms with Crippen LogP contribution in [0.1, 0.15) is 30.9 Å². The zero-order valence-electron chi connectivity index (χ0n) is 15.6. The Labute approximate surface area is 176 Å². The number of carbonyl (C=O) groups excluding carboxylic acids is 1. The zero-order chi connectivity index (χ0) is 18.8. The van der Waals surface area contributed by atoms with E-state index in [1.54, 1.807) is 25.2 Å². The number of nitrogens with zero attached hydrogens (tertiary/aromatic N) is 1. The predicted octanol–water partition coefficient (Wildman–Crippen LogP) is 4.05. The second kappa shape index (κ2) is 12.3. The number of hydrogen-bond acceptors (Lipinski definition) is 2. The van der Waals surface area contributed by atoms with Crippen LogP contribution in [-0.2, 0) is 17.9 Å². The first kappa shape index (κ1) is 22.9. The van der Waals surface area contributed by atoms with Crippen LogP contribution in [0, 0.1) is 5.82 Å². The molecule has 0 aliphatic rings. The maximum Gasteiger partial charge on any atom is 0.224 e. The zero-order valence-corrected chi connectivity index (χ0v) is 17.9. The van der Waals surface area contributed by atoms with E-state index in [1.807, 2.05) is 31.2 Å². The fraction of sp³-hybridized carbons (Fsp3) is 0.300. The Morgan fingerprint density at radius 3 is 2.52 bits per heavy atom. The second-order valence-corrected chi connectivity index (χ2v) is 5.87. The van der Waals surface area contributed by atoms with Gasteiger partial charge in [0.05, 0.1) is 0 Å². The van der Waals surface area contributed by atoms with Crippen LogP contribution < -0.4 is 16.0 Å². The van der Waals surface area contributed by atoms with Crippen molar-refractivity contribution in [2.24, 2.45) is 4.99 Å². The minimum absolute atomic E-state index is 0. The van der Waals surface area contributed by atoms with Gasteiger partial charge in [-0.2, -0.15) is 0 Å². The first-order valence-electron chi connectivity index (χ1n) is 8.69. The molecule has 0 unspecified atom stereocenters. The monoisotopic (exact) mass is 484 g/mol. The molecule has 0 aliphatic heterocycles. The molecule has 0 spiro atoms. The fourth-order valence-corrected chi connectivity index (χ4v) is 2.44. The third kappa shape index (κ3) is 7.94. The lowest BCUT2D eigenvalue weighted by molar-refractivity contribution is -0.116. The number of nitrogens with one attached hydrogen (secondary N) is 3. The molecule has 5 nitrogen and oxygen atoms in total. The summed E-state index contributed by atoms with van der Waals surface area (Å²) in [5.74, 6) is 0.347. The highest BCUT2D eigenvalue weighted by atomic mass is 127. The van der Waals surface area contributed by atoms with Crippen molar-refractivity contribution in [1.82, 2.24) is 10.6 Å². The number of benzene rings is 2. The van der Waals surface area contributed by atoms with Gasteiger partial charge in [0.1, 0.15) is 5.82 Å². The number of halogens is 2. The van der Waals surface area contributed by atoms with E-state index in [9.17, 15) is 9.18 Å². The fourth-order valence-electron chi connectivity index (χ4n) is 2.44. The Bertz CT molecular complexity index is 767. The molecule has 146 valence electrons. The molecule has 3 N–H and O–H groups in total. The van der Waals surface area contributed by atoms with Gasteiger partial charge in [-0.15, -0.1) is 24.0 Å². The largest absolute Gasteiger partial charge is 0.352 e. The van der Waals surface area contributed by atoms with E-state index in [1.165, 1.54) is 6.07 Å². The highest BCUT2D eigenvalue weighted by Crippen LogP contribution is 2.11. The third-order valence-corrected chi connectivity index (χ3v) is 3.78. The quantitative estimate of drug-likeness (QED) is 0.316. The number of aliphatic imine (C=N–C) groups is 1. The highest BCUT2D eigenvalue weighted by Gasteiger charge is 2.04. The molecule has 0 saturated carbocycles. The van der Waals surface area contributed by atoms with E-state index in [0.29, 0.717) is 31.0 Å². The van der Waals surface area contributed by atoms with Crippen molar-refractivity contribution >= 4 is 41.5 Å². The molecule has 0 heterocycles. The lowest BCUT2D eigenvalue weighted by atomic mass is 10.2. The summed E-state index contributed by atoms with van der Waals surface area (Å²) in [6, 6.07) is 14.3. The van der Waals surface area contributed by atoms with E-state index in [4.69, 9.17) is 0 Å². The smallest absolute Gasteiger partial charge is 0.224 e. The topological polar surface area (TPSA) is 65.5 Å². The maximum absolute atomic E-state index is 13.7. The van der Waals surface area contributed by atoms with Crippen LogP contribution in [-0.4, -0.2) is 18.9 Å². The minimum atomic E-state index is -0.244. The molecule has 0 radical (unpaired) electrons. The van der Waals surface area contributed by atoms with E-state index in [2.05, 4.69) is 20.9 Å². The van der Waals surface area contributed by atoms with E-state index < -0.39 is 0 Å². The van der Waals surface area contributed by atoms with E-state index in [-0.39, 0.29) is 35.7 Å². The van der Waals surface area contributed by atoms with Gasteiger partial charge in [0, 0.05) is 37.8 Å². The summed E-state index contributed by atoms with van der Waals surface area (Å²) in [7, 11) is 1.66. The normalized spacial score (nSPS) is 10.7. The SMILES string of the molecule is CCCC(=O)Nc1cccc(CNC(=NC)NCc2ccccc2F)c1.I. The number of rotatable bonds is 7. The van der Waals surface area contributed by atoms with Crippen LogP contribution in [0.4, 0.5) is 10.1 Å². The van der Waals surface area contributed by atoms with Crippen LogP contribution in [0.5, 0.6) is 0 Å². The summed E-state index contributed by atoms with van der Waals surface area (Å²) < 4.78 is 13.7. The molecular formula is C20H26FIN4O. The number of hydrogen-bond donors (Lipinski definition) is 3. The average Bonchev–Trinajstić information content (AvgIpc) is 2.63. The summed E-state index contributed by atoms with van der Waals surface area (Å²) in [6.07, 6.45) is 1.33. The van der Waals surface area contributed by atoms with Gasteiger partial charge in [-0.25, -0.2) is 4.39 Å². The number of guanidine groups is 1. The number of anilines is 1. The van der Waals surface area contributed by atoms with Crippen molar-refractivity contribution in [3.8, 4) is 0 Å². The van der Waals surface area contributed by atoms with Crippen molar-refractivity contribution in [2.45, 2.75) is 32.9 Å². The van der Waals surface area contributed by atoms with Gasteiger partial charge in [0.15, 0.2) is 5.96 Å². The Hall–Kier alpha value is -2.16. The van der Waals surface area contributed by atoms with Crippen molar-refractivity contribution in [3.05, 3.63) is 65.5 Å². The molecule has 1 amide bonds. The molecule has 0 fully saturated rings. The third-order valence-electron chi connectivity index (χ3n) is 3.78. The van der Waals surface area contributed by atoms with Crippen LogP contribution in [0.25, 0.3) is 0 Å². The molecule has 27 heavy (non-hydrogen) atoms. The van der Waals surface area contributed by atoms with Crippen LogP contribution in [0.15, 0.2) is 53.5 Å². The van der Waals surface area contributed by atoms with Crippen LogP contribution in [0.2, 0.25) is 0 Å². The van der Waals surface area contributed by atoms with Crippen LogP contribution >= 0.6 is 24.0 Å². The van der Waals surface area contributed by atoms with E-state index >= 15 is 0 Å². The van der Waals surface area contributed by atoms with Crippen molar-refractivity contribution in [3.63, 3.8) is 0 Å². The van der Waals surface area contributed by atoms with E-state index in [0.717, 1.165) is 17.7 Å². The summed E-state index contributed by atoms with van der Waals surface area (Å²) in [4.78, 5) is 15.8. The van der Waals surface area contributed by atoms with Gasteiger partial charge >= 0.3 is 0 Å². The Morgan fingerprint density at radius 1 is 1.07 bits per heavy atom. The van der Waals surface area contributed by atoms with Gasteiger partial charge in [-0.3, -0.25) is 9.79 Å². The lowest BCUT2D eigenvalue weighted by Gasteiger charge is -2.13. The molecule has 0 aliphatic carbocycles. The van der Waals surface area contributed by atoms with Crippen molar-refractivity contribution < 1.29 is 9.18 Å². The average molecular weight is 484 g/mol. The maximum atomic E-state index is 13.7. The lowest BCUT2D eigenvalue weighted by Crippen LogP contribution is -2.36. The second-order valence-electron chi connectivity index (χ2n) is 5.87. The van der Waals surface area contributed by atoms with Gasteiger partial charge < -0.3 is 16.0 Å². The summed E-state index contributed by atoms with van der Waals surface area (Å²) >= 11 is 0. The standard InChI is InChI=1S/C20H25FN4O.HI/c1-3-7-19(26)25-17-10-6-8-15(12-17)13-23-20(22-2)24-14-16-9-4-5-11-18(16)21;/h4-6,8-12H,3,7,13-14H2,1-2H3,(H,25,26)(H2,22,23,24);1H. The minimum Gasteiger partial charge on any atom is -0.352 e. The molecule has 7 heteroatoms. The molecule has 0 atom stereocenters. The van der Waals surface area contributed by atoms with Crippen molar-refractivity contribution in [2.75, 3.05) is 12.4 Å². The van der Waals surface area contributed by atoms with Gasteiger partial charge in [0.2, 0.25) is 5.91 Å². The van der Waals surface area contributed by atoms with Gasteiger partial charge in [-0.1, -0.05) is 37.3 Å². The molecule has 2 aromatic rings. The molecule has 0 aromatic heterocycles. The highest BCUT2D eigenvalue weighted by molar-refractivity contribution is 14.0. The molecule has 0 bridgehead atoms.